The van der Waals surface area contributed by atoms with Crippen molar-refractivity contribution in [3.63, 3.8) is 0 Å². The molecule has 1 aliphatic heterocycles. The lowest BCUT2D eigenvalue weighted by Crippen LogP contribution is -2.36. The van der Waals surface area contributed by atoms with E-state index in [0.29, 0.717) is 29.3 Å². The van der Waals surface area contributed by atoms with Crippen molar-refractivity contribution in [1.82, 2.24) is 20.2 Å². The first-order chi connectivity index (χ1) is 14.2. The summed E-state index contributed by atoms with van der Waals surface area (Å²) < 4.78 is 1.60. The highest BCUT2D eigenvalue weighted by Crippen LogP contribution is 2.23. The zero-order valence-corrected chi connectivity index (χ0v) is 15.8. The van der Waals surface area contributed by atoms with E-state index in [1.165, 1.54) is 5.01 Å². The van der Waals surface area contributed by atoms with Crippen molar-refractivity contribution in [2.24, 2.45) is 5.10 Å². The number of carbonyl (C=O) groups excluding carboxylic acids is 2. The zero-order chi connectivity index (χ0) is 20.2. The Hall–Kier alpha value is -3.88. The molecule has 0 bridgehead atoms. The molecule has 0 radical (unpaired) electrons. The highest BCUT2D eigenvalue weighted by atomic mass is 16.2. The van der Waals surface area contributed by atoms with E-state index in [1.54, 1.807) is 22.9 Å². The van der Waals surface area contributed by atoms with Crippen LogP contribution in [0.1, 0.15) is 25.6 Å². The Kier molecular flexibility index (Phi) is 5.10. The molecular formula is C20H19N7O2. The van der Waals surface area contributed by atoms with Crippen LogP contribution in [0.5, 0.6) is 0 Å². The van der Waals surface area contributed by atoms with E-state index in [4.69, 9.17) is 0 Å². The highest BCUT2D eigenvalue weighted by molar-refractivity contribution is 6.44. The number of amides is 2. The fraction of sp³-hybridized carbons (Fsp3) is 0.200. The number of benzene rings is 2. The second-order valence-corrected chi connectivity index (χ2v) is 6.42. The maximum atomic E-state index is 12.9. The van der Waals surface area contributed by atoms with Gasteiger partial charge in [-0.3, -0.25) is 9.59 Å². The van der Waals surface area contributed by atoms with Gasteiger partial charge in [0.15, 0.2) is 5.82 Å². The molecule has 3 aromatic rings. The van der Waals surface area contributed by atoms with Gasteiger partial charge in [0.1, 0.15) is 5.71 Å². The SMILES string of the molecule is CCc1nnnn1-c1ccccc1NC(=O)C1=NN(c2ccccc2)C(=O)CC1. The smallest absolute Gasteiger partial charge is 0.271 e. The molecule has 9 nitrogen and oxygen atoms in total. The molecular weight excluding hydrogens is 370 g/mol. The quantitative estimate of drug-likeness (QED) is 0.721. The van der Waals surface area contributed by atoms with Crippen LogP contribution in [0.4, 0.5) is 11.4 Å². The Morgan fingerprint density at radius 3 is 2.62 bits per heavy atom. The third-order valence-corrected chi connectivity index (χ3v) is 4.53. The summed E-state index contributed by atoms with van der Waals surface area (Å²) in [4.78, 5) is 25.1. The third kappa shape index (κ3) is 3.75. The van der Waals surface area contributed by atoms with Crippen molar-refractivity contribution >= 4 is 28.9 Å². The number of aromatic nitrogens is 4. The summed E-state index contributed by atoms with van der Waals surface area (Å²) in [6, 6.07) is 16.3. The maximum Gasteiger partial charge on any atom is 0.271 e. The van der Waals surface area contributed by atoms with Gasteiger partial charge in [0.2, 0.25) is 5.91 Å². The van der Waals surface area contributed by atoms with E-state index in [-0.39, 0.29) is 30.4 Å². The molecule has 2 amide bonds. The molecule has 2 aromatic carbocycles. The van der Waals surface area contributed by atoms with Gasteiger partial charge in [0.05, 0.1) is 17.1 Å². The molecule has 0 fully saturated rings. The number of nitrogens with zero attached hydrogens (tertiary/aromatic N) is 6. The first kappa shape index (κ1) is 18.5. The maximum absolute atomic E-state index is 12.9. The molecule has 0 saturated carbocycles. The summed E-state index contributed by atoms with van der Waals surface area (Å²) in [5.41, 5.74) is 2.14. The van der Waals surface area contributed by atoms with Crippen molar-refractivity contribution in [3.8, 4) is 5.69 Å². The van der Waals surface area contributed by atoms with Crippen LogP contribution in [0.3, 0.4) is 0 Å². The topological polar surface area (TPSA) is 105 Å². The van der Waals surface area contributed by atoms with E-state index in [9.17, 15) is 9.59 Å². The normalized spacial score (nSPS) is 13.9. The summed E-state index contributed by atoms with van der Waals surface area (Å²) in [5, 5.41) is 20.2. The molecule has 2 heterocycles. The first-order valence-electron chi connectivity index (χ1n) is 9.31. The molecule has 9 heteroatoms. The Morgan fingerprint density at radius 1 is 1.07 bits per heavy atom. The summed E-state index contributed by atoms with van der Waals surface area (Å²) in [5.74, 6) is 0.175. The van der Waals surface area contributed by atoms with Crippen molar-refractivity contribution in [2.45, 2.75) is 26.2 Å². The number of hydrazone groups is 1. The number of para-hydroxylation sites is 3. The molecule has 0 aliphatic carbocycles. The summed E-state index contributed by atoms with van der Waals surface area (Å²) in [6.45, 7) is 1.95. The largest absolute Gasteiger partial charge is 0.319 e. The Balaban J connectivity index is 1.61. The predicted molar refractivity (Wildman–Crippen MR) is 108 cm³/mol. The van der Waals surface area contributed by atoms with E-state index in [1.807, 2.05) is 43.3 Å². The number of anilines is 2. The van der Waals surface area contributed by atoms with Gasteiger partial charge >= 0.3 is 0 Å². The minimum absolute atomic E-state index is 0.144. The summed E-state index contributed by atoms with van der Waals surface area (Å²) >= 11 is 0. The van der Waals surface area contributed by atoms with Gasteiger partial charge in [-0.25, -0.2) is 5.01 Å². The zero-order valence-electron chi connectivity index (χ0n) is 15.8. The lowest BCUT2D eigenvalue weighted by molar-refractivity contribution is -0.118. The third-order valence-electron chi connectivity index (χ3n) is 4.53. The standard InChI is InChI=1S/C20H19N7O2/c1-2-18-22-24-25-27(18)17-11-7-6-10-15(17)21-20(29)16-12-13-19(28)26(23-16)14-8-4-3-5-9-14/h3-11H,2,12-13H2,1H3,(H,21,29). The Morgan fingerprint density at radius 2 is 1.83 bits per heavy atom. The number of carbonyl (C=O) groups is 2. The van der Waals surface area contributed by atoms with Crippen LogP contribution in [0.15, 0.2) is 59.7 Å². The van der Waals surface area contributed by atoms with Gasteiger partial charge in [-0.15, -0.1) is 5.10 Å². The molecule has 4 rings (SSSR count). The van der Waals surface area contributed by atoms with Crippen LogP contribution in [-0.4, -0.2) is 37.7 Å². The van der Waals surface area contributed by atoms with Gasteiger partial charge in [0.25, 0.3) is 5.91 Å². The van der Waals surface area contributed by atoms with Gasteiger partial charge in [-0.05, 0) is 34.7 Å². The average Bonchev–Trinajstić information content (AvgIpc) is 3.23. The molecule has 0 unspecified atom stereocenters. The average molecular weight is 389 g/mol. The lowest BCUT2D eigenvalue weighted by atomic mass is 10.1. The summed E-state index contributed by atoms with van der Waals surface area (Å²) in [7, 11) is 0. The lowest BCUT2D eigenvalue weighted by Gasteiger charge is -2.23. The minimum atomic E-state index is -0.364. The van der Waals surface area contributed by atoms with E-state index < -0.39 is 0 Å². The van der Waals surface area contributed by atoms with Crippen molar-refractivity contribution in [2.75, 3.05) is 10.3 Å². The van der Waals surface area contributed by atoms with Crippen LogP contribution >= 0.6 is 0 Å². The van der Waals surface area contributed by atoms with Gasteiger partial charge in [-0.1, -0.05) is 37.3 Å². The Bertz CT molecular complexity index is 1080. The number of tetrazole rings is 1. The Labute approximate surface area is 167 Å². The predicted octanol–water partition coefficient (Wildman–Crippen LogP) is 2.35. The molecule has 0 saturated heterocycles. The summed E-state index contributed by atoms with van der Waals surface area (Å²) in [6.07, 6.45) is 1.15. The van der Waals surface area contributed by atoms with Crippen LogP contribution < -0.4 is 10.3 Å². The highest BCUT2D eigenvalue weighted by Gasteiger charge is 2.26. The van der Waals surface area contributed by atoms with E-state index >= 15 is 0 Å². The number of nitrogens with one attached hydrogen (secondary N) is 1. The number of rotatable bonds is 5. The fourth-order valence-corrected chi connectivity index (χ4v) is 3.06. The molecule has 29 heavy (non-hydrogen) atoms. The van der Waals surface area contributed by atoms with Crippen molar-refractivity contribution in [3.05, 3.63) is 60.4 Å². The van der Waals surface area contributed by atoms with E-state index in [2.05, 4.69) is 25.9 Å². The first-order valence-corrected chi connectivity index (χ1v) is 9.31. The van der Waals surface area contributed by atoms with Crippen molar-refractivity contribution < 1.29 is 9.59 Å². The van der Waals surface area contributed by atoms with Crippen molar-refractivity contribution in [1.29, 1.82) is 0 Å². The molecule has 146 valence electrons. The van der Waals surface area contributed by atoms with Crippen LogP contribution in [0, 0.1) is 0 Å². The monoisotopic (exact) mass is 389 g/mol. The molecule has 1 aromatic heterocycles. The fourth-order valence-electron chi connectivity index (χ4n) is 3.06. The molecule has 0 atom stereocenters. The molecule has 0 spiro atoms. The molecule has 1 N–H and O–H groups in total. The van der Waals surface area contributed by atoms with Crippen LogP contribution in [-0.2, 0) is 16.0 Å². The second-order valence-electron chi connectivity index (χ2n) is 6.42. The van der Waals surface area contributed by atoms with E-state index in [0.717, 1.165) is 0 Å². The number of hydrogen-bond donors (Lipinski definition) is 1. The van der Waals surface area contributed by atoms with Gasteiger partial charge in [0, 0.05) is 19.3 Å². The van der Waals surface area contributed by atoms with Crippen LogP contribution in [0.2, 0.25) is 0 Å². The molecule has 1 aliphatic rings. The van der Waals surface area contributed by atoms with Gasteiger partial charge in [-0.2, -0.15) is 9.78 Å². The number of aryl methyl sites for hydroxylation is 1. The van der Waals surface area contributed by atoms with Crippen LogP contribution in [0.25, 0.3) is 5.69 Å². The second kappa shape index (κ2) is 8.01. The van der Waals surface area contributed by atoms with Gasteiger partial charge < -0.3 is 5.32 Å². The minimum Gasteiger partial charge on any atom is -0.319 e. The number of hydrogen-bond acceptors (Lipinski definition) is 6.